The molecule has 7 nitrogen and oxygen atoms in total. The van der Waals surface area contributed by atoms with Gasteiger partial charge in [-0.15, -0.1) is 0 Å². The van der Waals surface area contributed by atoms with Gasteiger partial charge in [0.15, 0.2) is 6.61 Å². The molecule has 2 N–H and O–H groups in total. The summed E-state index contributed by atoms with van der Waals surface area (Å²) in [6, 6.07) is 10.4. The number of halogens is 2. The highest BCUT2D eigenvalue weighted by atomic mass is 35.5. The standard InChI is InChI=1S/C22H24Cl2N2O5/c1-4-30-15-10-8-14(9-11-15)21(28)26-19(13(2)3)22(29)31-12-18(27)25-20-16(23)6-5-7-17(20)24/h5-11,13,19H,4,12H2,1-3H3,(H,25,27)(H,26,28)/t19-/m0/s1. The predicted octanol–water partition coefficient (Wildman–Crippen LogP) is 4.33. The molecule has 0 spiro atoms. The minimum atomic E-state index is -0.934. The van der Waals surface area contributed by atoms with Gasteiger partial charge in [0.2, 0.25) is 0 Å². The number of nitrogens with one attached hydrogen (secondary N) is 2. The largest absolute Gasteiger partial charge is 0.494 e. The third-order valence-electron chi connectivity index (χ3n) is 4.21. The van der Waals surface area contributed by atoms with E-state index >= 15 is 0 Å². The first-order chi connectivity index (χ1) is 14.7. The Labute approximate surface area is 191 Å². The molecule has 1 atom stereocenters. The molecule has 2 amide bonds. The highest BCUT2D eigenvalue weighted by molar-refractivity contribution is 6.39. The van der Waals surface area contributed by atoms with Gasteiger partial charge in [-0.1, -0.05) is 43.1 Å². The van der Waals surface area contributed by atoms with Crippen molar-refractivity contribution < 1.29 is 23.9 Å². The van der Waals surface area contributed by atoms with Crippen molar-refractivity contribution in [1.82, 2.24) is 5.32 Å². The van der Waals surface area contributed by atoms with Crippen molar-refractivity contribution in [2.24, 2.45) is 5.92 Å². The van der Waals surface area contributed by atoms with Gasteiger partial charge >= 0.3 is 5.97 Å². The van der Waals surface area contributed by atoms with E-state index in [-0.39, 0.29) is 21.7 Å². The normalized spacial score (nSPS) is 11.5. The molecule has 0 saturated carbocycles. The van der Waals surface area contributed by atoms with Gasteiger partial charge in [-0.2, -0.15) is 0 Å². The molecule has 2 aromatic rings. The average molecular weight is 467 g/mol. The molecule has 31 heavy (non-hydrogen) atoms. The second-order valence-corrected chi connectivity index (χ2v) is 7.72. The SMILES string of the molecule is CCOc1ccc(C(=O)N[C@H](C(=O)OCC(=O)Nc2c(Cl)cccc2Cl)C(C)C)cc1. The number of hydrogen-bond donors (Lipinski definition) is 2. The van der Waals surface area contributed by atoms with Crippen LogP contribution in [0.25, 0.3) is 0 Å². The summed E-state index contributed by atoms with van der Waals surface area (Å²) in [4.78, 5) is 37.1. The van der Waals surface area contributed by atoms with Crippen molar-refractivity contribution in [3.05, 3.63) is 58.1 Å². The number of hydrogen-bond acceptors (Lipinski definition) is 5. The van der Waals surface area contributed by atoms with Gasteiger partial charge in [-0.05, 0) is 49.2 Å². The third-order valence-corrected chi connectivity index (χ3v) is 4.84. The Bertz CT molecular complexity index is 912. The van der Waals surface area contributed by atoms with Crippen LogP contribution in [0.2, 0.25) is 10.0 Å². The summed E-state index contributed by atoms with van der Waals surface area (Å²) in [6.45, 7) is 5.34. The predicted molar refractivity (Wildman–Crippen MR) is 120 cm³/mol. The molecular formula is C22H24Cl2N2O5. The molecule has 0 aliphatic carbocycles. The molecule has 0 aliphatic rings. The average Bonchev–Trinajstić information content (AvgIpc) is 2.73. The number of rotatable bonds is 9. The lowest BCUT2D eigenvalue weighted by Crippen LogP contribution is -2.45. The summed E-state index contributed by atoms with van der Waals surface area (Å²) < 4.78 is 10.4. The number of amides is 2. The quantitative estimate of drug-likeness (QED) is 0.536. The summed E-state index contributed by atoms with van der Waals surface area (Å²) >= 11 is 12.0. The van der Waals surface area contributed by atoms with Crippen molar-refractivity contribution in [3.63, 3.8) is 0 Å². The van der Waals surface area contributed by atoms with Gasteiger partial charge in [0.1, 0.15) is 11.8 Å². The van der Waals surface area contributed by atoms with Gasteiger partial charge in [0.05, 0.1) is 22.3 Å². The van der Waals surface area contributed by atoms with E-state index in [2.05, 4.69) is 10.6 Å². The lowest BCUT2D eigenvalue weighted by atomic mass is 10.0. The van der Waals surface area contributed by atoms with Gasteiger partial charge in [-0.25, -0.2) is 4.79 Å². The zero-order valence-corrected chi connectivity index (χ0v) is 18.9. The molecule has 0 heterocycles. The van der Waals surface area contributed by atoms with E-state index in [9.17, 15) is 14.4 Å². The molecular weight excluding hydrogens is 443 g/mol. The van der Waals surface area contributed by atoms with Crippen LogP contribution in [0.15, 0.2) is 42.5 Å². The number of para-hydroxylation sites is 1. The smallest absolute Gasteiger partial charge is 0.329 e. The van der Waals surface area contributed by atoms with Gasteiger partial charge in [0.25, 0.3) is 11.8 Å². The Morgan fingerprint density at radius 1 is 1.00 bits per heavy atom. The Kier molecular flexibility index (Phi) is 9.15. The fraction of sp³-hybridized carbons (Fsp3) is 0.318. The molecule has 2 rings (SSSR count). The fourth-order valence-corrected chi connectivity index (χ4v) is 3.10. The molecule has 0 aliphatic heterocycles. The molecule has 9 heteroatoms. The highest BCUT2D eigenvalue weighted by Crippen LogP contribution is 2.29. The Hall–Kier alpha value is -2.77. The third kappa shape index (κ3) is 7.15. The van der Waals surface area contributed by atoms with Crippen LogP contribution in [0.5, 0.6) is 5.75 Å². The highest BCUT2D eigenvalue weighted by Gasteiger charge is 2.27. The fourth-order valence-electron chi connectivity index (χ4n) is 2.61. The van der Waals surface area contributed by atoms with Crippen LogP contribution in [0.1, 0.15) is 31.1 Å². The Balaban J connectivity index is 1.95. The molecule has 0 bridgehead atoms. The second-order valence-electron chi connectivity index (χ2n) is 6.91. The van der Waals surface area contributed by atoms with E-state index < -0.39 is 30.4 Å². The number of carbonyl (C=O) groups excluding carboxylic acids is 3. The van der Waals surface area contributed by atoms with Crippen molar-refractivity contribution in [2.75, 3.05) is 18.5 Å². The maximum Gasteiger partial charge on any atom is 0.329 e. The van der Waals surface area contributed by atoms with E-state index in [1.807, 2.05) is 6.92 Å². The van der Waals surface area contributed by atoms with E-state index in [0.29, 0.717) is 17.9 Å². The number of esters is 1. The van der Waals surface area contributed by atoms with Crippen molar-refractivity contribution in [3.8, 4) is 5.75 Å². The van der Waals surface area contributed by atoms with Crippen molar-refractivity contribution in [1.29, 1.82) is 0 Å². The first kappa shape index (κ1) is 24.5. The van der Waals surface area contributed by atoms with Gasteiger partial charge < -0.3 is 20.1 Å². The van der Waals surface area contributed by atoms with Crippen molar-refractivity contribution in [2.45, 2.75) is 26.8 Å². The van der Waals surface area contributed by atoms with Crippen LogP contribution in [0.4, 0.5) is 5.69 Å². The minimum Gasteiger partial charge on any atom is -0.494 e. The first-order valence-corrected chi connectivity index (χ1v) is 10.4. The van der Waals surface area contributed by atoms with Crippen LogP contribution in [0, 0.1) is 5.92 Å². The molecule has 166 valence electrons. The molecule has 0 saturated heterocycles. The van der Waals surface area contributed by atoms with Crippen LogP contribution < -0.4 is 15.4 Å². The number of anilines is 1. The van der Waals surface area contributed by atoms with E-state index in [1.165, 1.54) is 0 Å². The molecule has 0 fully saturated rings. The maximum absolute atomic E-state index is 12.5. The van der Waals surface area contributed by atoms with Crippen LogP contribution >= 0.6 is 23.2 Å². The topological polar surface area (TPSA) is 93.7 Å². The van der Waals surface area contributed by atoms with Crippen LogP contribution in [-0.2, 0) is 14.3 Å². The molecule has 2 aromatic carbocycles. The Morgan fingerprint density at radius 2 is 1.61 bits per heavy atom. The summed E-state index contributed by atoms with van der Waals surface area (Å²) in [6.07, 6.45) is 0. The second kappa shape index (κ2) is 11.6. The van der Waals surface area contributed by atoms with Crippen molar-refractivity contribution >= 4 is 46.7 Å². The lowest BCUT2D eigenvalue weighted by molar-refractivity contribution is -0.150. The number of benzene rings is 2. The summed E-state index contributed by atoms with van der Waals surface area (Å²) in [5.74, 6) is -1.40. The maximum atomic E-state index is 12.5. The lowest BCUT2D eigenvalue weighted by Gasteiger charge is -2.21. The minimum absolute atomic E-state index is 0.232. The van der Waals surface area contributed by atoms with Gasteiger partial charge in [-0.3, -0.25) is 9.59 Å². The van der Waals surface area contributed by atoms with Crippen LogP contribution in [0.3, 0.4) is 0 Å². The molecule has 0 aromatic heterocycles. The number of carbonyl (C=O) groups is 3. The van der Waals surface area contributed by atoms with E-state index in [4.69, 9.17) is 32.7 Å². The number of ether oxygens (including phenoxy) is 2. The zero-order chi connectivity index (χ0) is 23.0. The summed E-state index contributed by atoms with van der Waals surface area (Å²) in [5, 5.41) is 5.67. The van der Waals surface area contributed by atoms with E-state index in [0.717, 1.165) is 0 Å². The Morgan fingerprint density at radius 3 is 2.16 bits per heavy atom. The zero-order valence-electron chi connectivity index (χ0n) is 17.4. The summed E-state index contributed by atoms with van der Waals surface area (Å²) in [5.41, 5.74) is 0.601. The summed E-state index contributed by atoms with van der Waals surface area (Å²) in [7, 11) is 0. The van der Waals surface area contributed by atoms with E-state index in [1.54, 1.807) is 56.3 Å². The molecule has 0 unspecified atom stereocenters. The van der Waals surface area contributed by atoms with Crippen LogP contribution in [-0.4, -0.2) is 37.0 Å². The first-order valence-electron chi connectivity index (χ1n) is 9.67. The van der Waals surface area contributed by atoms with Gasteiger partial charge in [0, 0.05) is 5.56 Å². The molecule has 0 radical (unpaired) electrons. The monoisotopic (exact) mass is 466 g/mol.